The first-order chi connectivity index (χ1) is 11.0. The van der Waals surface area contributed by atoms with Crippen molar-refractivity contribution in [1.82, 2.24) is 10.2 Å². The maximum atomic E-state index is 12.2. The number of carbonyl (C=O) groups excluding carboxylic acids is 1. The number of nitrogens with one attached hydrogen (secondary N) is 1. The van der Waals surface area contributed by atoms with Crippen LogP contribution < -0.4 is 14.8 Å². The van der Waals surface area contributed by atoms with Crippen molar-refractivity contribution in [2.75, 3.05) is 39.4 Å². The molecule has 0 aliphatic carbocycles. The summed E-state index contributed by atoms with van der Waals surface area (Å²) in [6.07, 6.45) is -3.57. The second-order valence-electron chi connectivity index (χ2n) is 5.12. The van der Waals surface area contributed by atoms with Crippen LogP contribution in [0.4, 0.5) is 13.2 Å². The van der Waals surface area contributed by atoms with Gasteiger partial charge in [0.15, 0.2) is 24.7 Å². The molecular formula is C15H19F3N2O3. The molecule has 1 aromatic carbocycles. The predicted octanol–water partition coefficient (Wildman–Crippen LogP) is 1.83. The molecule has 128 valence electrons. The third-order valence-electron chi connectivity index (χ3n) is 3.28. The molecule has 1 fully saturated rings. The SMILES string of the molecule is O=C(COc1ccccc1OCC(F)(F)F)N1CCCNCC1. The molecule has 0 bridgehead atoms. The number of nitrogens with zero attached hydrogens (tertiary/aromatic N) is 1. The van der Waals surface area contributed by atoms with Crippen molar-refractivity contribution >= 4 is 5.91 Å². The third-order valence-corrected chi connectivity index (χ3v) is 3.28. The van der Waals surface area contributed by atoms with Gasteiger partial charge in [-0.05, 0) is 25.1 Å². The molecule has 1 aromatic rings. The Morgan fingerprint density at radius 1 is 1.13 bits per heavy atom. The van der Waals surface area contributed by atoms with Crippen LogP contribution in [0.5, 0.6) is 11.5 Å². The normalized spacial score (nSPS) is 15.9. The topological polar surface area (TPSA) is 50.8 Å². The summed E-state index contributed by atoms with van der Waals surface area (Å²) in [5.74, 6) is -0.104. The Kier molecular flexibility index (Phi) is 6.09. The second-order valence-corrected chi connectivity index (χ2v) is 5.12. The van der Waals surface area contributed by atoms with Gasteiger partial charge in [0, 0.05) is 19.6 Å². The molecule has 1 aliphatic rings. The maximum absolute atomic E-state index is 12.2. The van der Waals surface area contributed by atoms with Gasteiger partial charge in [-0.2, -0.15) is 13.2 Å². The minimum Gasteiger partial charge on any atom is -0.480 e. The number of hydrogen-bond donors (Lipinski definition) is 1. The van der Waals surface area contributed by atoms with E-state index in [-0.39, 0.29) is 24.0 Å². The molecule has 23 heavy (non-hydrogen) atoms. The molecule has 5 nitrogen and oxygen atoms in total. The van der Waals surface area contributed by atoms with Crippen molar-refractivity contribution in [2.24, 2.45) is 0 Å². The molecular weight excluding hydrogens is 313 g/mol. The van der Waals surface area contributed by atoms with Gasteiger partial charge in [0.2, 0.25) is 0 Å². The van der Waals surface area contributed by atoms with Gasteiger partial charge in [0.25, 0.3) is 5.91 Å². The minimum atomic E-state index is -4.43. The number of alkyl halides is 3. The molecule has 0 spiro atoms. The van der Waals surface area contributed by atoms with E-state index in [0.717, 1.165) is 19.5 Å². The summed E-state index contributed by atoms with van der Waals surface area (Å²) >= 11 is 0. The van der Waals surface area contributed by atoms with Gasteiger partial charge in [0.1, 0.15) is 0 Å². The van der Waals surface area contributed by atoms with Crippen molar-refractivity contribution < 1.29 is 27.4 Å². The molecule has 1 aliphatic heterocycles. The van der Waals surface area contributed by atoms with Crippen LogP contribution in [0.2, 0.25) is 0 Å². The lowest BCUT2D eigenvalue weighted by molar-refractivity contribution is -0.153. The van der Waals surface area contributed by atoms with Crippen LogP contribution in [-0.4, -0.2) is 56.4 Å². The van der Waals surface area contributed by atoms with Crippen LogP contribution >= 0.6 is 0 Å². The van der Waals surface area contributed by atoms with E-state index < -0.39 is 12.8 Å². The Morgan fingerprint density at radius 3 is 2.52 bits per heavy atom. The fourth-order valence-corrected chi connectivity index (χ4v) is 2.17. The number of halogens is 3. The molecule has 0 radical (unpaired) electrons. The third kappa shape index (κ3) is 5.97. The van der Waals surface area contributed by atoms with E-state index in [1.54, 1.807) is 17.0 Å². The quantitative estimate of drug-likeness (QED) is 0.894. The average molecular weight is 332 g/mol. The highest BCUT2D eigenvalue weighted by molar-refractivity contribution is 5.77. The molecule has 1 amide bonds. The number of carbonyl (C=O) groups is 1. The first kappa shape index (κ1) is 17.4. The molecule has 2 rings (SSSR count). The van der Waals surface area contributed by atoms with Crippen molar-refractivity contribution in [3.63, 3.8) is 0 Å². The van der Waals surface area contributed by atoms with E-state index in [1.807, 2.05) is 0 Å². The Balaban J connectivity index is 1.90. The number of ether oxygens (including phenoxy) is 2. The van der Waals surface area contributed by atoms with E-state index in [4.69, 9.17) is 9.47 Å². The van der Waals surface area contributed by atoms with Crippen molar-refractivity contribution in [3.8, 4) is 11.5 Å². The van der Waals surface area contributed by atoms with Crippen molar-refractivity contribution in [2.45, 2.75) is 12.6 Å². The van der Waals surface area contributed by atoms with Crippen LogP contribution in [0.3, 0.4) is 0 Å². The van der Waals surface area contributed by atoms with Crippen LogP contribution in [0.1, 0.15) is 6.42 Å². The van der Waals surface area contributed by atoms with Gasteiger partial charge in [-0.3, -0.25) is 4.79 Å². The number of hydrogen-bond acceptors (Lipinski definition) is 4. The fourth-order valence-electron chi connectivity index (χ4n) is 2.17. The van der Waals surface area contributed by atoms with Gasteiger partial charge in [-0.15, -0.1) is 0 Å². The highest BCUT2D eigenvalue weighted by Crippen LogP contribution is 2.28. The van der Waals surface area contributed by atoms with Gasteiger partial charge in [-0.1, -0.05) is 12.1 Å². The van der Waals surface area contributed by atoms with Crippen LogP contribution in [0, 0.1) is 0 Å². The molecule has 0 unspecified atom stereocenters. The highest BCUT2D eigenvalue weighted by Gasteiger charge is 2.29. The smallest absolute Gasteiger partial charge is 0.422 e. The first-order valence-electron chi connectivity index (χ1n) is 7.35. The fraction of sp³-hybridized carbons (Fsp3) is 0.533. The minimum absolute atomic E-state index is 0.0323. The summed E-state index contributed by atoms with van der Waals surface area (Å²) in [6, 6.07) is 6.00. The van der Waals surface area contributed by atoms with Gasteiger partial charge >= 0.3 is 6.18 Å². The average Bonchev–Trinajstić information content (AvgIpc) is 2.80. The number of para-hydroxylation sites is 2. The Labute approximate surface area is 132 Å². The molecule has 1 saturated heterocycles. The molecule has 1 N–H and O–H groups in total. The Bertz CT molecular complexity index is 515. The van der Waals surface area contributed by atoms with Crippen LogP contribution in [0.15, 0.2) is 24.3 Å². The number of rotatable bonds is 5. The summed E-state index contributed by atoms with van der Waals surface area (Å²) in [5.41, 5.74) is 0. The summed E-state index contributed by atoms with van der Waals surface area (Å²) in [5, 5.41) is 3.18. The first-order valence-corrected chi connectivity index (χ1v) is 7.35. The highest BCUT2D eigenvalue weighted by atomic mass is 19.4. The van der Waals surface area contributed by atoms with Crippen molar-refractivity contribution in [1.29, 1.82) is 0 Å². The molecule has 0 saturated carbocycles. The zero-order chi connectivity index (χ0) is 16.7. The van der Waals surface area contributed by atoms with Gasteiger partial charge in [-0.25, -0.2) is 0 Å². The van der Waals surface area contributed by atoms with Gasteiger partial charge in [0.05, 0.1) is 0 Å². The predicted molar refractivity (Wildman–Crippen MR) is 77.6 cm³/mol. The van der Waals surface area contributed by atoms with E-state index in [9.17, 15) is 18.0 Å². The largest absolute Gasteiger partial charge is 0.480 e. The van der Waals surface area contributed by atoms with Gasteiger partial charge < -0.3 is 19.7 Å². The lowest BCUT2D eigenvalue weighted by Gasteiger charge is -2.20. The van der Waals surface area contributed by atoms with E-state index >= 15 is 0 Å². The van der Waals surface area contributed by atoms with E-state index in [2.05, 4.69) is 5.32 Å². The molecule has 1 heterocycles. The Hall–Kier alpha value is -1.96. The molecule has 0 atom stereocenters. The summed E-state index contributed by atoms with van der Waals surface area (Å²) in [4.78, 5) is 13.8. The van der Waals surface area contributed by atoms with Crippen LogP contribution in [-0.2, 0) is 4.79 Å². The maximum Gasteiger partial charge on any atom is 0.422 e. The summed E-state index contributed by atoms with van der Waals surface area (Å²) in [7, 11) is 0. The van der Waals surface area contributed by atoms with Crippen LogP contribution in [0.25, 0.3) is 0 Å². The standard InChI is InChI=1S/C15H19F3N2O3/c16-15(17,18)11-23-13-5-2-1-4-12(13)22-10-14(21)20-8-3-6-19-7-9-20/h1-2,4-5,19H,3,6-11H2. The lowest BCUT2D eigenvalue weighted by Crippen LogP contribution is -2.37. The van der Waals surface area contributed by atoms with E-state index in [0.29, 0.717) is 13.1 Å². The zero-order valence-electron chi connectivity index (χ0n) is 12.6. The zero-order valence-corrected chi connectivity index (χ0v) is 12.6. The second kappa shape index (κ2) is 8.05. The van der Waals surface area contributed by atoms with E-state index in [1.165, 1.54) is 12.1 Å². The monoisotopic (exact) mass is 332 g/mol. The van der Waals surface area contributed by atoms with Crippen molar-refractivity contribution in [3.05, 3.63) is 24.3 Å². The summed E-state index contributed by atoms with van der Waals surface area (Å²) in [6.45, 7) is 1.18. The lowest BCUT2D eigenvalue weighted by atomic mass is 10.3. The molecule has 8 heteroatoms. The number of benzene rings is 1. The summed E-state index contributed by atoms with van der Waals surface area (Å²) < 4.78 is 46.8. The Morgan fingerprint density at radius 2 is 1.83 bits per heavy atom. The molecule has 0 aromatic heterocycles. The number of amides is 1.